The Bertz CT molecular complexity index is 286. The van der Waals surface area contributed by atoms with E-state index in [4.69, 9.17) is 5.73 Å². The van der Waals surface area contributed by atoms with Crippen LogP contribution in [0.15, 0.2) is 0 Å². The highest BCUT2D eigenvalue weighted by Gasteiger charge is 2.42. The molecule has 0 saturated heterocycles. The molecule has 0 aromatic carbocycles. The predicted molar refractivity (Wildman–Crippen MR) is 67.4 cm³/mol. The monoisotopic (exact) mass is 280 g/mol. The van der Waals surface area contributed by atoms with Gasteiger partial charge in [-0.1, -0.05) is 6.92 Å². The van der Waals surface area contributed by atoms with Crippen LogP contribution in [0.25, 0.3) is 0 Å². The first-order chi connectivity index (χ1) is 8.84. The largest absolute Gasteiger partial charge is 0.391 e. The molecule has 0 radical (unpaired) electrons. The van der Waals surface area contributed by atoms with Crippen molar-refractivity contribution < 1.29 is 18.0 Å². The third-order valence-corrected chi connectivity index (χ3v) is 3.90. The molecular weight excluding hydrogens is 257 g/mol. The van der Waals surface area contributed by atoms with E-state index in [2.05, 4.69) is 5.32 Å². The second kappa shape index (κ2) is 7.12. The first-order valence-electron chi connectivity index (χ1n) is 6.94. The highest BCUT2D eigenvalue weighted by atomic mass is 19.4. The van der Waals surface area contributed by atoms with E-state index in [1.54, 1.807) is 0 Å². The lowest BCUT2D eigenvalue weighted by atomic mass is 9.81. The Morgan fingerprint density at radius 2 is 1.89 bits per heavy atom. The lowest BCUT2D eigenvalue weighted by Crippen LogP contribution is -2.37. The molecule has 0 aromatic rings. The summed E-state index contributed by atoms with van der Waals surface area (Å²) >= 11 is 0. The van der Waals surface area contributed by atoms with Crippen molar-refractivity contribution in [2.45, 2.75) is 57.7 Å². The van der Waals surface area contributed by atoms with Crippen LogP contribution in [-0.4, -0.2) is 24.7 Å². The summed E-state index contributed by atoms with van der Waals surface area (Å²) in [5, 5.41) is 2.77. The summed E-state index contributed by atoms with van der Waals surface area (Å²) in [6.07, 6.45) is -1.76. The number of hydrogen-bond acceptors (Lipinski definition) is 2. The normalized spacial score (nSPS) is 25.9. The van der Waals surface area contributed by atoms with Crippen molar-refractivity contribution in [3.63, 3.8) is 0 Å². The van der Waals surface area contributed by atoms with Crippen LogP contribution >= 0.6 is 0 Å². The van der Waals surface area contributed by atoms with Crippen LogP contribution in [0.3, 0.4) is 0 Å². The third-order valence-electron chi connectivity index (χ3n) is 3.90. The van der Waals surface area contributed by atoms with Crippen molar-refractivity contribution in [3.8, 4) is 0 Å². The minimum Gasteiger partial charge on any atom is -0.356 e. The molecule has 3 nitrogen and oxygen atoms in total. The fraction of sp³-hybridized carbons (Fsp3) is 0.923. The maximum absolute atomic E-state index is 12.5. The Kier molecular flexibility index (Phi) is 6.10. The van der Waals surface area contributed by atoms with E-state index in [0.717, 1.165) is 6.42 Å². The minimum absolute atomic E-state index is 0.0655. The van der Waals surface area contributed by atoms with Gasteiger partial charge in [-0.3, -0.25) is 4.79 Å². The lowest BCUT2D eigenvalue weighted by molar-refractivity contribution is -0.184. The SMILES string of the molecule is CCC(N)CCNC(=O)C1CCC(C(F)(F)F)CC1. The minimum atomic E-state index is -4.12. The summed E-state index contributed by atoms with van der Waals surface area (Å²) in [5.74, 6) is -1.62. The first-order valence-corrected chi connectivity index (χ1v) is 6.94. The zero-order valence-corrected chi connectivity index (χ0v) is 11.3. The molecule has 112 valence electrons. The Hall–Kier alpha value is -0.780. The van der Waals surface area contributed by atoms with Gasteiger partial charge in [0, 0.05) is 18.5 Å². The van der Waals surface area contributed by atoms with E-state index in [1.165, 1.54) is 0 Å². The number of halogens is 3. The van der Waals surface area contributed by atoms with Crippen molar-refractivity contribution >= 4 is 5.91 Å². The number of nitrogens with two attached hydrogens (primary N) is 1. The lowest BCUT2D eigenvalue weighted by Gasteiger charge is -2.29. The molecule has 3 N–H and O–H groups in total. The summed E-state index contributed by atoms with van der Waals surface area (Å²) in [7, 11) is 0. The molecule has 1 unspecified atom stereocenters. The molecule has 0 spiro atoms. The number of alkyl halides is 3. The van der Waals surface area contributed by atoms with E-state index in [0.29, 0.717) is 25.8 Å². The van der Waals surface area contributed by atoms with Crippen molar-refractivity contribution in [2.75, 3.05) is 6.54 Å². The van der Waals surface area contributed by atoms with Gasteiger partial charge in [0.15, 0.2) is 0 Å². The second-order valence-corrected chi connectivity index (χ2v) is 5.34. The fourth-order valence-electron chi connectivity index (χ4n) is 2.41. The van der Waals surface area contributed by atoms with Gasteiger partial charge in [-0.2, -0.15) is 13.2 Å². The van der Waals surface area contributed by atoms with Gasteiger partial charge in [-0.15, -0.1) is 0 Å². The Labute approximate surface area is 112 Å². The average molecular weight is 280 g/mol. The molecule has 1 fully saturated rings. The van der Waals surface area contributed by atoms with Gasteiger partial charge in [0.2, 0.25) is 5.91 Å². The molecule has 1 saturated carbocycles. The molecule has 0 aliphatic heterocycles. The quantitative estimate of drug-likeness (QED) is 0.813. The topological polar surface area (TPSA) is 55.1 Å². The van der Waals surface area contributed by atoms with Gasteiger partial charge < -0.3 is 11.1 Å². The second-order valence-electron chi connectivity index (χ2n) is 5.34. The molecule has 0 bridgehead atoms. The van der Waals surface area contributed by atoms with Crippen LogP contribution in [0.4, 0.5) is 13.2 Å². The highest BCUT2D eigenvalue weighted by molar-refractivity contribution is 5.78. The van der Waals surface area contributed by atoms with Gasteiger partial charge in [-0.25, -0.2) is 0 Å². The maximum atomic E-state index is 12.5. The molecule has 1 amide bonds. The number of rotatable bonds is 5. The number of carbonyl (C=O) groups excluding carboxylic acids is 1. The molecule has 0 aromatic heterocycles. The van der Waals surface area contributed by atoms with E-state index >= 15 is 0 Å². The smallest absolute Gasteiger partial charge is 0.356 e. The van der Waals surface area contributed by atoms with Crippen molar-refractivity contribution in [2.24, 2.45) is 17.6 Å². The third kappa shape index (κ3) is 5.38. The van der Waals surface area contributed by atoms with E-state index in [9.17, 15) is 18.0 Å². The molecule has 19 heavy (non-hydrogen) atoms. The van der Waals surface area contributed by atoms with Crippen LogP contribution in [0.1, 0.15) is 45.4 Å². The number of hydrogen-bond donors (Lipinski definition) is 2. The van der Waals surface area contributed by atoms with Gasteiger partial charge in [0.1, 0.15) is 0 Å². The summed E-state index contributed by atoms with van der Waals surface area (Å²) in [5.41, 5.74) is 5.73. The van der Waals surface area contributed by atoms with E-state index < -0.39 is 12.1 Å². The fourth-order valence-corrected chi connectivity index (χ4v) is 2.41. The van der Waals surface area contributed by atoms with Gasteiger partial charge in [-0.05, 0) is 38.5 Å². The first kappa shape index (κ1) is 16.3. The average Bonchev–Trinajstić information content (AvgIpc) is 2.37. The maximum Gasteiger partial charge on any atom is 0.391 e. The molecule has 0 heterocycles. The van der Waals surface area contributed by atoms with E-state index in [1.807, 2.05) is 6.92 Å². The summed E-state index contributed by atoms with van der Waals surface area (Å²) in [6.45, 7) is 2.48. The van der Waals surface area contributed by atoms with Crippen molar-refractivity contribution in [1.82, 2.24) is 5.32 Å². The number of carbonyl (C=O) groups is 1. The summed E-state index contributed by atoms with van der Waals surface area (Å²) in [4.78, 5) is 11.8. The summed E-state index contributed by atoms with van der Waals surface area (Å²) < 4.78 is 37.5. The van der Waals surface area contributed by atoms with E-state index in [-0.39, 0.29) is 30.7 Å². The van der Waals surface area contributed by atoms with Crippen molar-refractivity contribution in [3.05, 3.63) is 0 Å². The summed E-state index contributed by atoms with van der Waals surface area (Å²) in [6, 6.07) is 0.0706. The number of nitrogens with one attached hydrogen (secondary N) is 1. The zero-order chi connectivity index (χ0) is 14.5. The van der Waals surface area contributed by atoms with Gasteiger partial charge in [0.05, 0.1) is 5.92 Å². The Balaban J connectivity index is 2.25. The van der Waals surface area contributed by atoms with Gasteiger partial charge >= 0.3 is 6.18 Å². The predicted octanol–water partition coefficient (Wildman–Crippen LogP) is 2.60. The van der Waals surface area contributed by atoms with Crippen molar-refractivity contribution in [1.29, 1.82) is 0 Å². The standard InChI is InChI=1S/C13H23F3N2O/c1-2-11(17)7-8-18-12(19)9-3-5-10(6-4-9)13(14,15)16/h9-11H,2-8,17H2,1H3,(H,18,19). The Morgan fingerprint density at radius 1 is 1.32 bits per heavy atom. The zero-order valence-electron chi connectivity index (χ0n) is 11.3. The number of amides is 1. The molecular formula is C13H23F3N2O. The molecule has 1 rings (SSSR count). The van der Waals surface area contributed by atoms with Crippen LogP contribution in [0.2, 0.25) is 0 Å². The Morgan fingerprint density at radius 3 is 2.37 bits per heavy atom. The highest BCUT2D eigenvalue weighted by Crippen LogP contribution is 2.39. The molecule has 1 atom stereocenters. The molecule has 1 aliphatic rings. The van der Waals surface area contributed by atoms with Crippen LogP contribution in [0.5, 0.6) is 0 Å². The van der Waals surface area contributed by atoms with Crippen LogP contribution < -0.4 is 11.1 Å². The van der Waals surface area contributed by atoms with Crippen LogP contribution in [0, 0.1) is 11.8 Å². The molecule has 6 heteroatoms. The molecule has 1 aliphatic carbocycles. The van der Waals surface area contributed by atoms with Crippen LogP contribution in [-0.2, 0) is 4.79 Å². The van der Waals surface area contributed by atoms with Gasteiger partial charge in [0.25, 0.3) is 0 Å².